The van der Waals surface area contributed by atoms with E-state index < -0.39 is 0 Å². The first kappa shape index (κ1) is 15.0. The largest absolute Gasteiger partial charge is 0.354 e. The fraction of sp³-hybridized carbons (Fsp3) is 0.571. The van der Waals surface area contributed by atoms with Crippen molar-refractivity contribution in [3.8, 4) is 0 Å². The van der Waals surface area contributed by atoms with Crippen LogP contribution in [0.1, 0.15) is 35.2 Å². The van der Waals surface area contributed by atoms with Crippen molar-refractivity contribution in [1.82, 2.24) is 30.4 Å². The van der Waals surface area contributed by atoms with Gasteiger partial charge in [-0.25, -0.2) is 9.98 Å². The van der Waals surface area contributed by atoms with Crippen molar-refractivity contribution in [2.24, 2.45) is 12.0 Å². The van der Waals surface area contributed by atoms with Crippen LogP contribution in [-0.4, -0.2) is 31.7 Å². The molecule has 1 fully saturated rings. The molecule has 2 heterocycles. The van der Waals surface area contributed by atoms with Crippen LogP contribution in [0.2, 0.25) is 0 Å². The monoisotopic (exact) mass is 319 g/mol. The van der Waals surface area contributed by atoms with Gasteiger partial charge in [-0.2, -0.15) is 0 Å². The van der Waals surface area contributed by atoms with Gasteiger partial charge >= 0.3 is 0 Å². The number of guanidine groups is 1. The molecule has 0 unspecified atom stereocenters. The van der Waals surface area contributed by atoms with Crippen molar-refractivity contribution >= 4 is 17.3 Å². The van der Waals surface area contributed by atoms with Crippen LogP contribution >= 0.6 is 11.3 Å². The molecular weight excluding hydrogens is 298 g/mol. The molecule has 3 rings (SSSR count). The SMILES string of the molecule is Cc1csc(CNC(=NCc2nnc(C)n2C)NC2CC2)n1. The summed E-state index contributed by atoms with van der Waals surface area (Å²) in [6, 6.07) is 0.547. The van der Waals surface area contributed by atoms with Gasteiger partial charge in [-0.15, -0.1) is 21.5 Å². The van der Waals surface area contributed by atoms with Crippen LogP contribution in [0.25, 0.3) is 0 Å². The molecule has 1 saturated carbocycles. The Labute approximate surface area is 133 Å². The molecule has 0 saturated heterocycles. The first-order valence-corrected chi connectivity index (χ1v) is 8.30. The quantitative estimate of drug-likeness (QED) is 0.641. The number of nitrogens with zero attached hydrogens (tertiary/aromatic N) is 5. The third kappa shape index (κ3) is 3.82. The van der Waals surface area contributed by atoms with Gasteiger partial charge in [0.25, 0.3) is 0 Å². The van der Waals surface area contributed by atoms with Gasteiger partial charge in [0.1, 0.15) is 17.4 Å². The highest BCUT2D eigenvalue weighted by Gasteiger charge is 2.22. The zero-order valence-corrected chi connectivity index (χ0v) is 13.9. The molecule has 0 atom stereocenters. The average molecular weight is 319 g/mol. The number of hydrogen-bond acceptors (Lipinski definition) is 5. The zero-order chi connectivity index (χ0) is 15.5. The number of nitrogens with one attached hydrogen (secondary N) is 2. The maximum atomic E-state index is 4.62. The first-order valence-electron chi connectivity index (χ1n) is 7.42. The van der Waals surface area contributed by atoms with Crippen molar-refractivity contribution in [2.75, 3.05) is 0 Å². The summed E-state index contributed by atoms with van der Waals surface area (Å²) in [6.07, 6.45) is 2.42. The molecule has 0 amide bonds. The number of aryl methyl sites for hydroxylation is 2. The second kappa shape index (κ2) is 6.43. The number of hydrogen-bond donors (Lipinski definition) is 2. The van der Waals surface area contributed by atoms with E-state index in [9.17, 15) is 0 Å². The molecule has 0 spiro atoms. The van der Waals surface area contributed by atoms with Crippen molar-refractivity contribution in [3.05, 3.63) is 27.7 Å². The van der Waals surface area contributed by atoms with Crippen molar-refractivity contribution in [3.63, 3.8) is 0 Å². The molecule has 1 aliphatic carbocycles. The van der Waals surface area contributed by atoms with Gasteiger partial charge in [0, 0.05) is 24.2 Å². The molecule has 7 nitrogen and oxygen atoms in total. The molecular formula is C14H21N7S. The lowest BCUT2D eigenvalue weighted by atomic mass is 10.5. The van der Waals surface area contributed by atoms with Gasteiger partial charge in [0.05, 0.1) is 6.54 Å². The van der Waals surface area contributed by atoms with Crippen LogP contribution in [-0.2, 0) is 20.1 Å². The summed E-state index contributed by atoms with van der Waals surface area (Å²) in [4.78, 5) is 9.08. The predicted octanol–water partition coefficient (Wildman–Crippen LogP) is 1.29. The van der Waals surface area contributed by atoms with E-state index in [0.29, 0.717) is 19.1 Å². The van der Waals surface area contributed by atoms with E-state index in [1.807, 2.05) is 25.5 Å². The number of rotatable bonds is 5. The molecule has 2 N–H and O–H groups in total. The summed E-state index contributed by atoms with van der Waals surface area (Å²) in [5, 5.41) is 18.1. The molecule has 0 aliphatic heterocycles. The van der Waals surface area contributed by atoms with Gasteiger partial charge in [0.15, 0.2) is 11.8 Å². The Balaban J connectivity index is 1.63. The summed E-state index contributed by atoms with van der Waals surface area (Å²) < 4.78 is 1.96. The third-order valence-corrected chi connectivity index (χ3v) is 4.52. The van der Waals surface area contributed by atoms with Crippen molar-refractivity contribution in [2.45, 2.75) is 45.8 Å². The van der Waals surface area contributed by atoms with Crippen LogP contribution < -0.4 is 10.6 Å². The van der Waals surface area contributed by atoms with E-state index in [0.717, 1.165) is 28.3 Å². The molecule has 118 valence electrons. The minimum atomic E-state index is 0.510. The Kier molecular flexibility index (Phi) is 4.37. The van der Waals surface area contributed by atoms with Crippen LogP contribution in [0.4, 0.5) is 0 Å². The van der Waals surface area contributed by atoms with E-state index in [1.165, 1.54) is 12.8 Å². The highest BCUT2D eigenvalue weighted by atomic mass is 32.1. The van der Waals surface area contributed by atoms with Crippen molar-refractivity contribution < 1.29 is 0 Å². The lowest BCUT2D eigenvalue weighted by Gasteiger charge is -2.10. The molecule has 0 radical (unpaired) electrons. The van der Waals surface area contributed by atoms with Gasteiger partial charge in [-0.05, 0) is 26.7 Å². The zero-order valence-electron chi connectivity index (χ0n) is 13.1. The topological polar surface area (TPSA) is 80.0 Å². The Morgan fingerprint density at radius 1 is 1.41 bits per heavy atom. The Hall–Kier alpha value is -1.96. The normalized spacial score (nSPS) is 15.1. The van der Waals surface area contributed by atoms with Crippen LogP contribution in [0.3, 0.4) is 0 Å². The average Bonchev–Trinajstić information content (AvgIpc) is 3.14. The predicted molar refractivity (Wildman–Crippen MR) is 86.7 cm³/mol. The van der Waals surface area contributed by atoms with Crippen LogP contribution in [0.15, 0.2) is 10.4 Å². The molecule has 0 bridgehead atoms. The molecule has 2 aromatic heterocycles. The van der Waals surface area contributed by atoms with E-state index in [4.69, 9.17) is 0 Å². The van der Waals surface area contributed by atoms with Gasteiger partial charge in [0.2, 0.25) is 0 Å². The van der Waals surface area contributed by atoms with Gasteiger partial charge in [-0.1, -0.05) is 0 Å². The highest BCUT2D eigenvalue weighted by molar-refractivity contribution is 7.09. The molecule has 0 aromatic carbocycles. The molecule has 2 aromatic rings. The minimum Gasteiger partial charge on any atom is -0.354 e. The molecule has 1 aliphatic rings. The second-order valence-electron chi connectivity index (χ2n) is 5.54. The number of aromatic nitrogens is 4. The standard InChI is InChI=1S/C14H21N7S/c1-9-8-22-13(17-9)7-16-14(18-11-4-5-11)15-6-12-20-19-10(2)21(12)3/h8,11H,4-7H2,1-3H3,(H2,15,16,18). The fourth-order valence-electron chi connectivity index (χ4n) is 1.96. The Bertz CT molecular complexity index is 669. The lowest BCUT2D eigenvalue weighted by Crippen LogP contribution is -2.38. The molecule has 8 heteroatoms. The Morgan fingerprint density at radius 3 is 2.82 bits per heavy atom. The summed E-state index contributed by atoms with van der Waals surface area (Å²) in [5.74, 6) is 2.57. The van der Waals surface area contributed by atoms with Gasteiger partial charge in [-0.3, -0.25) is 0 Å². The van der Waals surface area contributed by atoms with Crippen molar-refractivity contribution in [1.29, 1.82) is 0 Å². The maximum absolute atomic E-state index is 4.62. The third-order valence-electron chi connectivity index (χ3n) is 3.55. The second-order valence-corrected chi connectivity index (χ2v) is 6.48. The lowest BCUT2D eigenvalue weighted by molar-refractivity contribution is 0.748. The molecule has 22 heavy (non-hydrogen) atoms. The highest BCUT2D eigenvalue weighted by Crippen LogP contribution is 2.18. The number of aliphatic imine (C=N–C) groups is 1. The number of thiazole rings is 1. The van der Waals surface area contributed by atoms with Crippen LogP contribution in [0.5, 0.6) is 0 Å². The smallest absolute Gasteiger partial charge is 0.192 e. The summed E-state index contributed by atoms with van der Waals surface area (Å²) in [7, 11) is 1.96. The summed E-state index contributed by atoms with van der Waals surface area (Å²) in [6.45, 7) is 5.14. The van der Waals surface area contributed by atoms with E-state index in [2.05, 4.69) is 36.2 Å². The van der Waals surface area contributed by atoms with Gasteiger partial charge < -0.3 is 15.2 Å². The maximum Gasteiger partial charge on any atom is 0.192 e. The fourth-order valence-corrected chi connectivity index (χ4v) is 2.67. The Morgan fingerprint density at radius 2 is 2.23 bits per heavy atom. The summed E-state index contributed by atoms with van der Waals surface area (Å²) >= 11 is 1.66. The summed E-state index contributed by atoms with van der Waals surface area (Å²) in [5.41, 5.74) is 1.06. The van der Waals surface area contributed by atoms with Crippen LogP contribution in [0, 0.1) is 13.8 Å². The van der Waals surface area contributed by atoms with E-state index in [1.54, 1.807) is 11.3 Å². The van der Waals surface area contributed by atoms with E-state index in [-0.39, 0.29) is 0 Å². The van der Waals surface area contributed by atoms with E-state index >= 15 is 0 Å². The minimum absolute atomic E-state index is 0.510. The first-order chi connectivity index (χ1) is 10.6.